The Hall–Kier alpha value is -1.38. The van der Waals surface area contributed by atoms with Gasteiger partial charge in [0.15, 0.2) is 16.6 Å². The number of fused-ring (bicyclic) bond motifs is 1. The van der Waals surface area contributed by atoms with Crippen LogP contribution < -0.4 is 5.63 Å². The molecule has 1 N–H and O–H groups in total. The molecule has 0 amide bonds. The highest BCUT2D eigenvalue weighted by Gasteiger charge is 2.46. The second-order valence-electron chi connectivity index (χ2n) is 10.6. The molecule has 0 saturated carbocycles. The van der Waals surface area contributed by atoms with E-state index >= 15 is 0 Å². The molecule has 0 unspecified atom stereocenters. The summed E-state index contributed by atoms with van der Waals surface area (Å²) in [4.78, 5) is 11.0. The molecule has 0 aliphatic heterocycles. The van der Waals surface area contributed by atoms with E-state index in [2.05, 4.69) is 67.7 Å². The summed E-state index contributed by atoms with van der Waals surface area (Å²) in [6.45, 7) is 25.1. The number of hydrogen-bond acceptors (Lipinski definition) is 4. The van der Waals surface area contributed by atoms with Crippen LogP contribution in [0.1, 0.15) is 47.1 Å². The minimum Gasteiger partial charge on any atom is -0.508 e. The lowest BCUT2D eigenvalue weighted by Gasteiger charge is -2.47. The molecule has 6 heteroatoms. The van der Waals surface area contributed by atoms with Gasteiger partial charge >= 0.3 is 5.63 Å². The van der Waals surface area contributed by atoms with E-state index in [9.17, 15) is 4.79 Å². The first kappa shape index (κ1) is 24.7. The first-order chi connectivity index (χ1) is 12.4. The molecule has 0 atom stereocenters. The fourth-order valence-corrected chi connectivity index (χ4v) is 9.81. The van der Waals surface area contributed by atoms with Gasteiger partial charge < -0.3 is 13.6 Å². The van der Waals surface area contributed by atoms with Crippen LogP contribution in [0, 0.1) is 6.92 Å². The summed E-state index contributed by atoms with van der Waals surface area (Å²) in [5, 5.41) is 10.6. The van der Waals surface area contributed by atoms with Crippen molar-refractivity contribution in [3.05, 3.63) is 40.2 Å². The van der Waals surface area contributed by atoms with Crippen LogP contribution in [-0.2, 0) is 4.12 Å². The molecule has 1 heterocycles. The molecule has 28 heavy (non-hydrogen) atoms. The Balaban J connectivity index is 0.000000281. The largest absolute Gasteiger partial charge is 0.508 e. The summed E-state index contributed by atoms with van der Waals surface area (Å²) in [5.41, 5.74) is 0.881. The maximum absolute atomic E-state index is 11.0. The van der Waals surface area contributed by atoms with Gasteiger partial charge in [-0.2, -0.15) is 0 Å². The zero-order valence-corrected chi connectivity index (χ0v) is 21.5. The van der Waals surface area contributed by atoms with Crippen LogP contribution >= 0.6 is 0 Å². The molecule has 0 spiro atoms. The van der Waals surface area contributed by atoms with E-state index in [-0.39, 0.29) is 5.75 Å². The summed E-state index contributed by atoms with van der Waals surface area (Å²) < 4.78 is 11.5. The Morgan fingerprint density at radius 3 is 1.79 bits per heavy atom. The van der Waals surface area contributed by atoms with E-state index in [0.29, 0.717) is 15.7 Å². The van der Waals surface area contributed by atoms with Crippen LogP contribution in [0.2, 0.25) is 36.3 Å². The molecule has 2 aromatic rings. The van der Waals surface area contributed by atoms with Crippen LogP contribution in [0.3, 0.4) is 0 Å². The molecular formula is C22H38O4Si2. The summed E-state index contributed by atoms with van der Waals surface area (Å²) in [6, 6.07) is 6.15. The number of aryl methyl sites for hydroxylation is 1. The highest BCUT2D eigenvalue weighted by atomic mass is 28.4. The van der Waals surface area contributed by atoms with Crippen molar-refractivity contribution in [1.29, 1.82) is 0 Å². The van der Waals surface area contributed by atoms with Crippen LogP contribution in [0.25, 0.3) is 11.0 Å². The van der Waals surface area contributed by atoms with Gasteiger partial charge in [-0.25, -0.2) is 4.79 Å². The number of benzene rings is 1. The molecule has 2 rings (SSSR count). The van der Waals surface area contributed by atoms with Crippen LogP contribution in [0.5, 0.6) is 5.75 Å². The van der Waals surface area contributed by atoms with Gasteiger partial charge in [0.1, 0.15) is 11.3 Å². The number of hydrogen-bond donors (Lipinski definition) is 1. The second-order valence-corrected chi connectivity index (χ2v) is 20.4. The maximum Gasteiger partial charge on any atom is 0.336 e. The molecule has 0 radical (unpaired) electrons. The molecule has 0 fully saturated rings. The van der Waals surface area contributed by atoms with Crippen molar-refractivity contribution in [2.45, 2.75) is 84.7 Å². The average molecular weight is 423 g/mol. The van der Waals surface area contributed by atoms with Gasteiger partial charge in [0.25, 0.3) is 0 Å². The van der Waals surface area contributed by atoms with Crippen molar-refractivity contribution in [3.63, 3.8) is 0 Å². The molecular weight excluding hydrogens is 384 g/mol. The summed E-state index contributed by atoms with van der Waals surface area (Å²) in [6.07, 6.45) is 0. The third-order valence-corrected chi connectivity index (χ3v) is 17.4. The summed E-state index contributed by atoms with van der Waals surface area (Å²) in [5.74, 6) is 0.0984. The second kappa shape index (κ2) is 8.16. The predicted molar refractivity (Wildman–Crippen MR) is 124 cm³/mol. The Kier molecular flexibility index (Phi) is 7.19. The monoisotopic (exact) mass is 422 g/mol. The van der Waals surface area contributed by atoms with Crippen molar-refractivity contribution < 1.29 is 13.6 Å². The molecule has 1 aromatic heterocycles. The Bertz CT molecular complexity index is 845. The standard InChI is InChI=1S/C12H30OSi2.C10H8O3/c1-11(2,3)14(7,8)13-15(9,10)12(4,5)6;1-6-4-10(12)13-9-5-7(11)2-3-8(6)9/h1-10H3;2-5,11H,1H3. The van der Waals surface area contributed by atoms with Crippen molar-refractivity contribution >= 4 is 27.6 Å². The van der Waals surface area contributed by atoms with Crippen molar-refractivity contribution in [2.75, 3.05) is 0 Å². The summed E-state index contributed by atoms with van der Waals surface area (Å²) >= 11 is 0. The van der Waals surface area contributed by atoms with Crippen molar-refractivity contribution in [3.8, 4) is 5.75 Å². The van der Waals surface area contributed by atoms with Crippen molar-refractivity contribution in [1.82, 2.24) is 0 Å². The maximum atomic E-state index is 11.0. The quantitative estimate of drug-likeness (QED) is 0.426. The van der Waals surface area contributed by atoms with Gasteiger partial charge in [0, 0.05) is 17.5 Å². The molecule has 0 aliphatic carbocycles. The highest BCUT2D eigenvalue weighted by Crippen LogP contribution is 2.44. The lowest BCUT2D eigenvalue weighted by molar-refractivity contribution is 0.449. The van der Waals surface area contributed by atoms with Gasteiger partial charge in [0.2, 0.25) is 0 Å². The lowest BCUT2D eigenvalue weighted by atomic mass is 10.1. The van der Waals surface area contributed by atoms with Crippen LogP contribution in [0.15, 0.2) is 33.5 Å². The minimum atomic E-state index is -1.59. The Morgan fingerprint density at radius 2 is 1.36 bits per heavy atom. The van der Waals surface area contributed by atoms with Gasteiger partial charge in [-0.1, -0.05) is 41.5 Å². The fraction of sp³-hybridized carbons (Fsp3) is 0.591. The SMILES string of the molecule is CC(C)(C)[Si](C)(C)O[Si](C)(C)C(C)(C)C.Cc1cc(=O)oc2cc(O)ccc12. The van der Waals surface area contributed by atoms with E-state index in [1.54, 1.807) is 12.1 Å². The third-order valence-electron chi connectivity index (χ3n) is 6.06. The van der Waals surface area contributed by atoms with Gasteiger partial charge in [-0.05, 0) is 60.9 Å². The van der Waals surface area contributed by atoms with E-state index in [1.807, 2.05) is 6.92 Å². The molecule has 0 bridgehead atoms. The van der Waals surface area contributed by atoms with Crippen molar-refractivity contribution in [2.24, 2.45) is 0 Å². The van der Waals surface area contributed by atoms with E-state index in [1.165, 1.54) is 12.1 Å². The normalized spacial score (nSPS) is 13.2. The number of phenols is 1. The number of phenolic OH excluding ortho intramolecular Hbond substituents is 1. The highest BCUT2D eigenvalue weighted by molar-refractivity contribution is 6.87. The van der Waals surface area contributed by atoms with Gasteiger partial charge in [-0.3, -0.25) is 0 Å². The molecule has 0 saturated heterocycles. The lowest BCUT2D eigenvalue weighted by Crippen LogP contribution is -2.53. The topological polar surface area (TPSA) is 59.7 Å². The van der Waals surface area contributed by atoms with E-state index < -0.39 is 22.3 Å². The fourth-order valence-electron chi connectivity index (χ4n) is 2.26. The molecule has 158 valence electrons. The zero-order chi connectivity index (χ0) is 22.1. The molecule has 0 aliphatic rings. The van der Waals surface area contributed by atoms with Gasteiger partial charge in [-0.15, -0.1) is 0 Å². The first-order valence-corrected chi connectivity index (χ1v) is 15.6. The van der Waals surface area contributed by atoms with Crippen LogP contribution in [-0.4, -0.2) is 21.7 Å². The Morgan fingerprint density at radius 1 is 0.893 bits per heavy atom. The predicted octanol–water partition coefficient (Wildman–Crippen LogP) is 6.82. The van der Waals surface area contributed by atoms with E-state index in [4.69, 9.17) is 13.6 Å². The molecule has 4 nitrogen and oxygen atoms in total. The third kappa shape index (κ3) is 6.06. The molecule has 1 aromatic carbocycles. The first-order valence-electron chi connectivity index (χ1n) is 9.81. The zero-order valence-electron chi connectivity index (χ0n) is 19.5. The van der Waals surface area contributed by atoms with Crippen LogP contribution in [0.4, 0.5) is 0 Å². The number of aromatic hydroxyl groups is 1. The average Bonchev–Trinajstić information content (AvgIpc) is 2.43. The van der Waals surface area contributed by atoms with Gasteiger partial charge in [0.05, 0.1) is 0 Å². The minimum absolute atomic E-state index is 0.0984. The Labute approximate surface area is 172 Å². The van der Waals surface area contributed by atoms with E-state index in [0.717, 1.165) is 10.9 Å². The number of rotatable bonds is 2. The smallest absolute Gasteiger partial charge is 0.336 e. The summed E-state index contributed by atoms with van der Waals surface area (Å²) in [7, 11) is -3.18.